The van der Waals surface area contributed by atoms with Gasteiger partial charge in [0.15, 0.2) is 0 Å². The molecule has 0 aromatic heterocycles. The third kappa shape index (κ3) is 5.48. The van der Waals surface area contributed by atoms with Crippen LogP contribution in [0.2, 0.25) is 0 Å². The molecule has 1 saturated heterocycles. The Kier molecular flexibility index (Phi) is 5.59. The number of nitrogens with two attached hydrogens (primary N) is 1. The zero-order valence-corrected chi connectivity index (χ0v) is 14.1. The highest BCUT2D eigenvalue weighted by Crippen LogP contribution is 2.15. The molecule has 1 aliphatic rings. The summed E-state index contributed by atoms with van der Waals surface area (Å²) < 4.78 is 18.3. The van der Waals surface area contributed by atoms with Crippen LogP contribution in [0.5, 0.6) is 0 Å². The first kappa shape index (κ1) is 17.7. The van der Waals surface area contributed by atoms with Gasteiger partial charge in [0.1, 0.15) is 11.4 Å². The van der Waals surface area contributed by atoms with Crippen molar-refractivity contribution in [3.05, 3.63) is 35.6 Å². The average molecular weight is 323 g/mol. The van der Waals surface area contributed by atoms with E-state index in [4.69, 9.17) is 10.5 Å². The smallest absolute Gasteiger partial charge is 0.410 e. The number of benzene rings is 1. The maximum absolute atomic E-state index is 12.9. The molecule has 1 aromatic rings. The van der Waals surface area contributed by atoms with Gasteiger partial charge in [-0.3, -0.25) is 4.90 Å². The van der Waals surface area contributed by atoms with E-state index >= 15 is 0 Å². The summed E-state index contributed by atoms with van der Waals surface area (Å²) in [4.78, 5) is 16.0. The molecule has 2 N–H and O–H groups in total. The molecule has 2 rings (SSSR count). The summed E-state index contributed by atoms with van der Waals surface area (Å²) in [7, 11) is 0. The van der Waals surface area contributed by atoms with Crippen LogP contribution in [0, 0.1) is 5.82 Å². The number of ether oxygens (including phenoxy) is 1. The number of hydrogen-bond acceptors (Lipinski definition) is 4. The van der Waals surface area contributed by atoms with Crippen molar-refractivity contribution in [2.45, 2.75) is 32.4 Å². The first-order valence-electron chi connectivity index (χ1n) is 7.96. The van der Waals surface area contributed by atoms with Gasteiger partial charge in [0, 0.05) is 38.8 Å². The predicted octanol–water partition coefficient (Wildman–Crippen LogP) is 2.38. The first-order chi connectivity index (χ1) is 10.7. The van der Waals surface area contributed by atoms with Crippen LogP contribution in [-0.4, -0.2) is 54.2 Å². The number of rotatable bonds is 3. The minimum absolute atomic E-state index is 0.163. The Morgan fingerprint density at radius 1 is 1.22 bits per heavy atom. The summed E-state index contributed by atoms with van der Waals surface area (Å²) in [6.07, 6.45) is -0.264. The Morgan fingerprint density at radius 2 is 1.78 bits per heavy atom. The van der Waals surface area contributed by atoms with Gasteiger partial charge in [0.05, 0.1) is 0 Å². The number of piperazine rings is 1. The SMILES string of the molecule is CC(C)(C)OC(=O)N1CCN(CC(N)c2ccc(F)cc2)CC1. The highest BCUT2D eigenvalue weighted by molar-refractivity contribution is 5.68. The molecule has 1 heterocycles. The van der Waals surface area contributed by atoms with E-state index in [-0.39, 0.29) is 18.0 Å². The standard InChI is InChI=1S/C17H26FN3O2/c1-17(2,3)23-16(22)21-10-8-20(9-11-21)12-15(19)13-4-6-14(18)7-5-13/h4-7,15H,8-12,19H2,1-3H3. The van der Waals surface area contributed by atoms with E-state index in [9.17, 15) is 9.18 Å². The number of carbonyl (C=O) groups excluding carboxylic acids is 1. The average Bonchev–Trinajstić information content (AvgIpc) is 2.46. The van der Waals surface area contributed by atoms with Gasteiger partial charge in [0.2, 0.25) is 0 Å². The molecule has 5 nitrogen and oxygen atoms in total. The molecule has 0 saturated carbocycles. The molecule has 1 fully saturated rings. The normalized spacial score (nSPS) is 17.9. The topological polar surface area (TPSA) is 58.8 Å². The van der Waals surface area contributed by atoms with Gasteiger partial charge in [-0.1, -0.05) is 12.1 Å². The van der Waals surface area contributed by atoms with E-state index in [0.29, 0.717) is 19.6 Å². The number of amides is 1. The van der Waals surface area contributed by atoms with Crippen LogP contribution in [0.25, 0.3) is 0 Å². The van der Waals surface area contributed by atoms with Crippen molar-refractivity contribution in [2.75, 3.05) is 32.7 Å². The minimum atomic E-state index is -0.473. The molecular formula is C17H26FN3O2. The summed E-state index contributed by atoms with van der Waals surface area (Å²) in [6, 6.07) is 6.13. The zero-order valence-electron chi connectivity index (χ0n) is 14.1. The molecule has 128 valence electrons. The van der Waals surface area contributed by atoms with Crippen LogP contribution < -0.4 is 5.73 Å². The lowest BCUT2D eigenvalue weighted by atomic mass is 10.1. The quantitative estimate of drug-likeness (QED) is 0.928. The molecule has 0 spiro atoms. The molecule has 0 bridgehead atoms. The molecule has 1 amide bonds. The van der Waals surface area contributed by atoms with Gasteiger partial charge in [0.25, 0.3) is 0 Å². The number of halogens is 1. The second kappa shape index (κ2) is 7.27. The largest absolute Gasteiger partial charge is 0.444 e. The van der Waals surface area contributed by atoms with Gasteiger partial charge >= 0.3 is 6.09 Å². The maximum atomic E-state index is 12.9. The van der Waals surface area contributed by atoms with Crippen LogP contribution in [0.1, 0.15) is 32.4 Å². The van der Waals surface area contributed by atoms with Gasteiger partial charge in [-0.25, -0.2) is 9.18 Å². The van der Waals surface area contributed by atoms with Gasteiger partial charge in [-0.15, -0.1) is 0 Å². The molecule has 0 aliphatic carbocycles. The lowest BCUT2D eigenvalue weighted by Crippen LogP contribution is -2.51. The number of nitrogens with zero attached hydrogens (tertiary/aromatic N) is 2. The Labute approximate surface area is 137 Å². The molecule has 1 aromatic carbocycles. The molecule has 1 atom stereocenters. The monoisotopic (exact) mass is 323 g/mol. The van der Waals surface area contributed by atoms with Gasteiger partial charge < -0.3 is 15.4 Å². The van der Waals surface area contributed by atoms with Crippen LogP contribution in [-0.2, 0) is 4.74 Å². The van der Waals surface area contributed by atoms with Gasteiger partial charge in [-0.05, 0) is 38.5 Å². The predicted molar refractivity (Wildman–Crippen MR) is 87.6 cm³/mol. The fourth-order valence-corrected chi connectivity index (χ4v) is 2.53. The fourth-order valence-electron chi connectivity index (χ4n) is 2.53. The fraction of sp³-hybridized carbons (Fsp3) is 0.588. The molecule has 23 heavy (non-hydrogen) atoms. The van der Waals surface area contributed by atoms with Crippen LogP contribution in [0.4, 0.5) is 9.18 Å². The van der Waals surface area contributed by atoms with Crippen molar-refractivity contribution in [1.29, 1.82) is 0 Å². The van der Waals surface area contributed by atoms with E-state index in [1.54, 1.807) is 17.0 Å². The van der Waals surface area contributed by atoms with Crippen LogP contribution in [0.3, 0.4) is 0 Å². The Bertz CT molecular complexity index is 520. The van der Waals surface area contributed by atoms with Crippen molar-refractivity contribution in [1.82, 2.24) is 9.80 Å². The summed E-state index contributed by atoms with van der Waals surface area (Å²) in [5, 5.41) is 0. The molecule has 1 aliphatic heterocycles. The maximum Gasteiger partial charge on any atom is 0.410 e. The minimum Gasteiger partial charge on any atom is -0.444 e. The van der Waals surface area contributed by atoms with Crippen molar-refractivity contribution in [3.8, 4) is 0 Å². The second-order valence-corrected chi connectivity index (χ2v) is 6.93. The van der Waals surface area contributed by atoms with Crippen LogP contribution in [0.15, 0.2) is 24.3 Å². The summed E-state index contributed by atoms with van der Waals surface area (Å²) in [6.45, 7) is 9.06. The first-order valence-corrected chi connectivity index (χ1v) is 7.96. The van der Waals surface area contributed by atoms with Crippen molar-refractivity contribution >= 4 is 6.09 Å². The molecule has 6 heteroatoms. The Hall–Kier alpha value is -1.66. The highest BCUT2D eigenvalue weighted by Gasteiger charge is 2.26. The third-order valence-corrected chi connectivity index (χ3v) is 3.78. The molecule has 1 unspecified atom stereocenters. The number of hydrogen-bond donors (Lipinski definition) is 1. The van der Waals surface area contributed by atoms with Crippen LogP contribution >= 0.6 is 0 Å². The van der Waals surface area contributed by atoms with E-state index in [1.807, 2.05) is 20.8 Å². The van der Waals surface area contributed by atoms with E-state index < -0.39 is 5.60 Å². The Balaban J connectivity index is 1.80. The third-order valence-electron chi connectivity index (χ3n) is 3.78. The summed E-state index contributed by atoms with van der Waals surface area (Å²) >= 11 is 0. The van der Waals surface area contributed by atoms with Gasteiger partial charge in [-0.2, -0.15) is 0 Å². The zero-order chi connectivity index (χ0) is 17.0. The van der Waals surface area contributed by atoms with Crippen molar-refractivity contribution in [2.24, 2.45) is 5.73 Å². The summed E-state index contributed by atoms with van der Waals surface area (Å²) in [5.41, 5.74) is 6.63. The highest BCUT2D eigenvalue weighted by atomic mass is 19.1. The molecule has 0 radical (unpaired) electrons. The molecular weight excluding hydrogens is 297 g/mol. The lowest BCUT2D eigenvalue weighted by molar-refractivity contribution is 0.0141. The van der Waals surface area contributed by atoms with Crippen molar-refractivity contribution in [3.63, 3.8) is 0 Å². The van der Waals surface area contributed by atoms with Crippen molar-refractivity contribution < 1.29 is 13.9 Å². The second-order valence-electron chi connectivity index (χ2n) is 6.93. The van der Waals surface area contributed by atoms with E-state index in [1.165, 1.54) is 12.1 Å². The lowest BCUT2D eigenvalue weighted by Gasteiger charge is -2.36. The van der Waals surface area contributed by atoms with E-state index in [2.05, 4.69) is 4.90 Å². The number of carbonyl (C=O) groups is 1. The summed E-state index contributed by atoms with van der Waals surface area (Å²) in [5.74, 6) is -0.257. The Morgan fingerprint density at radius 3 is 2.30 bits per heavy atom. The van der Waals surface area contributed by atoms with E-state index in [0.717, 1.165) is 18.7 Å².